The Hall–Kier alpha value is -1.77. The SMILES string of the molecule is Cc1c(C(C)C)[nH]c2ccc(C(=O)O)cc12. The van der Waals surface area contributed by atoms with Gasteiger partial charge in [-0.3, -0.25) is 0 Å². The molecule has 0 aliphatic heterocycles. The number of aromatic nitrogens is 1. The molecular formula is C13H15NO2. The maximum atomic E-state index is 10.9. The highest BCUT2D eigenvalue weighted by Gasteiger charge is 2.12. The third-order valence-corrected chi connectivity index (χ3v) is 2.92. The number of carboxylic acids is 1. The highest BCUT2D eigenvalue weighted by Crippen LogP contribution is 2.27. The van der Waals surface area contributed by atoms with E-state index in [2.05, 4.69) is 18.8 Å². The summed E-state index contributed by atoms with van der Waals surface area (Å²) in [5, 5.41) is 9.94. The zero-order chi connectivity index (χ0) is 11.9. The Labute approximate surface area is 94.1 Å². The summed E-state index contributed by atoms with van der Waals surface area (Å²) >= 11 is 0. The smallest absolute Gasteiger partial charge is 0.335 e. The lowest BCUT2D eigenvalue weighted by Crippen LogP contribution is -1.94. The van der Waals surface area contributed by atoms with E-state index in [1.54, 1.807) is 12.1 Å². The van der Waals surface area contributed by atoms with Crippen LogP contribution in [0.4, 0.5) is 0 Å². The van der Waals surface area contributed by atoms with Gasteiger partial charge in [0.1, 0.15) is 0 Å². The number of H-pyrrole nitrogens is 1. The van der Waals surface area contributed by atoms with Crippen LogP contribution < -0.4 is 0 Å². The fourth-order valence-corrected chi connectivity index (χ4v) is 2.06. The van der Waals surface area contributed by atoms with Gasteiger partial charge in [0.05, 0.1) is 5.56 Å². The van der Waals surface area contributed by atoms with Crippen molar-refractivity contribution in [3.8, 4) is 0 Å². The Morgan fingerprint density at radius 3 is 2.62 bits per heavy atom. The van der Waals surface area contributed by atoms with Crippen LogP contribution in [-0.2, 0) is 0 Å². The summed E-state index contributed by atoms with van der Waals surface area (Å²) in [6.45, 7) is 6.27. The van der Waals surface area contributed by atoms with Gasteiger partial charge < -0.3 is 10.1 Å². The van der Waals surface area contributed by atoms with Gasteiger partial charge in [0.15, 0.2) is 0 Å². The molecule has 2 N–H and O–H groups in total. The number of hydrogen-bond acceptors (Lipinski definition) is 1. The summed E-state index contributed by atoms with van der Waals surface area (Å²) in [5.41, 5.74) is 3.67. The fraction of sp³-hybridized carbons (Fsp3) is 0.308. The molecule has 3 heteroatoms. The first-order valence-corrected chi connectivity index (χ1v) is 5.36. The Morgan fingerprint density at radius 1 is 1.38 bits per heavy atom. The van der Waals surface area contributed by atoms with Gasteiger partial charge in [0.2, 0.25) is 0 Å². The average molecular weight is 217 g/mol. The van der Waals surface area contributed by atoms with Crippen molar-refractivity contribution in [3.05, 3.63) is 35.0 Å². The Kier molecular flexibility index (Phi) is 2.46. The van der Waals surface area contributed by atoms with Crippen LogP contribution in [-0.4, -0.2) is 16.1 Å². The van der Waals surface area contributed by atoms with Crippen molar-refractivity contribution >= 4 is 16.9 Å². The number of carboxylic acid groups (broad SMARTS) is 1. The van der Waals surface area contributed by atoms with Gasteiger partial charge in [-0.15, -0.1) is 0 Å². The zero-order valence-corrected chi connectivity index (χ0v) is 9.66. The van der Waals surface area contributed by atoms with Gasteiger partial charge in [-0.05, 0) is 36.6 Å². The van der Waals surface area contributed by atoms with Crippen molar-refractivity contribution < 1.29 is 9.90 Å². The minimum absolute atomic E-state index is 0.338. The maximum Gasteiger partial charge on any atom is 0.335 e. The fourth-order valence-electron chi connectivity index (χ4n) is 2.06. The number of hydrogen-bond donors (Lipinski definition) is 2. The largest absolute Gasteiger partial charge is 0.478 e. The minimum atomic E-state index is -0.881. The second-order valence-corrected chi connectivity index (χ2v) is 4.38. The molecule has 0 fully saturated rings. The van der Waals surface area contributed by atoms with Crippen molar-refractivity contribution in [2.75, 3.05) is 0 Å². The molecule has 1 heterocycles. The molecule has 0 radical (unpaired) electrons. The lowest BCUT2D eigenvalue weighted by molar-refractivity contribution is 0.0697. The first kappa shape index (κ1) is 10.7. The molecule has 0 unspecified atom stereocenters. The molecule has 0 saturated heterocycles. The van der Waals surface area contributed by atoms with E-state index in [1.165, 1.54) is 5.69 Å². The molecule has 84 valence electrons. The number of rotatable bonds is 2. The van der Waals surface area contributed by atoms with Crippen molar-refractivity contribution in [2.45, 2.75) is 26.7 Å². The monoisotopic (exact) mass is 217 g/mol. The Morgan fingerprint density at radius 2 is 2.06 bits per heavy atom. The van der Waals surface area contributed by atoms with Crippen LogP contribution in [0.5, 0.6) is 0 Å². The molecular weight excluding hydrogens is 202 g/mol. The van der Waals surface area contributed by atoms with E-state index >= 15 is 0 Å². The third-order valence-electron chi connectivity index (χ3n) is 2.92. The molecule has 1 aromatic heterocycles. The van der Waals surface area contributed by atoms with Crippen LogP contribution in [0.25, 0.3) is 10.9 Å². The Balaban J connectivity index is 2.69. The molecule has 0 spiro atoms. The van der Waals surface area contributed by atoms with Crippen LogP contribution >= 0.6 is 0 Å². The van der Waals surface area contributed by atoms with Gasteiger partial charge in [0.25, 0.3) is 0 Å². The molecule has 0 saturated carbocycles. The van der Waals surface area contributed by atoms with E-state index in [4.69, 9.17) is 5.11 Å². The van der Waals surface area contributed by atoms with E-state index in [9.17, 15) is 4.79 Å². The summed E-state index contributed by atoms with van der Waals surface area (Å²) in [7, 11) is 0. The van der Waals surface area contributed by atoms with Gasteiger partial charge in [-0.1, -0.05) is 13.8 Å². The van der Waals surface area contributed by atoms with Crippen molar-refractivity contribution in [1.82, 2.24) is 4.98 Å². The van der Waals surface area contributed by atoms with Crippen LogP contribution in [0.2, 0.25) is 0 Å². The predicted molar refractivity (Wildman–Crippen MR) is 64.1 cm³/mol. The summed E-state index contributed by atoms with van der Waals surface area (Å²) < 4.78 is 0. The molecule has 0 bridgehead atoms. The molecule has 2 aromatic rings. The zero-order valence-electron chi connectivity index (χ0n) is 9.66. The second-order valence-electron chi connectivity index (χ2n) is 4.38. The number of aryl methyl sites for hydroxylation is 1. The van der Waals surface area contributed by atoms with Crippen molar-refractivity contribution in [1.29, 1.82) is 0 Å². The van der Waals surface area contributed by atoms with E-state index in [1.807, 2.05) is 13.0 Å². The highest BCUT2D eigenvalue weighted by atomic mass is 16.4. The van der Waals surface area contributed by atoms with E-state index < -0.39 is 5.97 Å². The van der Waals surface area contributed by atoms with Crippen molar-refractivity contribution in [2.24, 2.45) is 0 Å². The minimum Gasteiger partial charge on any atom is -0.478 e. The summed E-state index contributed by atoms with van der Waals surface area (Å²) in [4.78, 5) is 14.2. The third kappa shape index (κ3) is 1.58. The van der Waals surface area contributed by atoms with Gasteiger partial charge in [-0.2, -0.15) is 0 Å². The van der Waals surface area contributed by atoms with Gasteiger partial charge >= 0.3 is 5.97 Å². The molecule has 3 nitrogen and oxygen atoms in total. The first-order chi connectivity index (χ1) is 7.50. The summed E-state index contributed by atoms with van der Waals surface area (Å²) in [6.07, 6.45) is 0. The lowest BCUT2D eigenvalue weighted by Gasteiger charge is -2.02. The van der Waals surface area contributed by atoms with Gasteiger partial charge in [0, 0.05) is 16.6 Å². The number of aromatic amines is 1. The van der Waals surface area contributed by atoms with E-state index in [-0.39, 0.29) is 0 Å². The quantitative estimate of drug-likeness (QED) is 0.810. The van der Waals surface area contributed by atoms with E-state index in [0.29, 0.717) is 11.5 Å². The highest BCUT2D eigenvalue weighted by molar-refractivity contribution is 5.95. The molecule has 0 aliphatic carbocycles. The Bertz CT molecular complexity index is 552. The van der Waals surface area contributed by atoms with Crippen LogP contribution in [0.1, 0.15) is 41.4 Å². The van der Waals surface area contributed by atoms with Crippen LogP contribution in [0.15, 0.2) is 18.2 Å². The molecule has 1 aromatic carbocycles. The summed E-state index contributed by atoms with van der Waals surface area (Å²) in [5.74, 6) is -0.464. The first-order valence-electron chi connectivity index (χ1n) is 5.36. The van der Waals surface area contributed by atoms with E-state index in [0.717, 1.165) is 16.5 Å². The normalized spacial score (nSPS) is 11.2. The summed E-state index contributed by atoms with van der Waals surface area (Å²) in [6, 6.07) is 5.19. The number of benzene rings is 1. The predicted octanol–water partition coefficient (Wildman–Crippen LogP) is 3.30. The van der Waals surface area contributed by atoms with Crippen molar-refractivity contribution in [3.63, 3.8) is 0 Å². The standard InChI is InChI=1S/C13H15NO2/c1-7(2)12-8(3)10-6-9(13(15)16)4-5-11(10)14-12/h4-7,14H,1-3H3,(H,15,16). The van der Waals surface area contributed by atoms with Gasteiger partial charge in [-0.25, -0.2) is 4.79 Å². The number of nitrogens with one attached hydrogen (secondary N) is 1. The second kappa shape index (κ2) is 3.67. The molecule has 2 rings (SSSR count). The number of carbonyl (C=O) groups is 1. The average Bonchev–Trinajstić information content (AvgIpc) is 2.56. The van der Waals surface area contributed by atoms with Crippen LogP contribution in [0.3, 0.4) is 0 Å². The number of aromatic carboxylic acids is 1. The molecule has 0 aliphatic rings. The number of fused-ring (bicyclic) bond motifs is 1. The lowest BCUT2D eigenvalue weighted by atomic mass is 10.0. The molecule has 0 amide bonds. The molecule has 0 atom stereocenters. The molecule has 16 heavy (non-hydrogen) atoms. The maximum absolute atomic E-state index is 10.9. The topological polar surface area (TPSA) is 53.1 Å². The van der Waals surface area contributed by atoms with Crippen LogP contribution in [0, 0.1) is 6.92 Å².